The van der Waals surface area contributed by atoms with Crippen molar-refractivity contribution in [3.05, 3.63) is 60.4 Å². The number of carbonyl (C=O) groups is 2. The van der Waals surface area contributed by atoms with E-state index in [0.29, 0.717) is 13.2 Å². The molecular formula is C24H30FN3O5S. The Hall–Kier alpha value is -2.82. The maximum Gasteiger partial charge on any atom is 0.243 e. The molecule has 1 heterocycles. The fourth-order valence-electron chi connectivity index (χ4n) is 3.83. The summed E-state index contributed by atoms with van der Waals surface area (Å²) in [4.78, 5) is 27.7. The van der Waals surface area contributed by atoms with Crippen molar-refractivity contribution in [3.8, 4) is 0 Å². The lowest BCUT2D eigenvalue weighted by Crippen LogP contribution is -2.55. The number of rotatable bonds is 10. The first-order chi connectivity index (χ1) is 16.2. The highest BCUT2D eigenvalue weighted by atomic mass is 32.2. The highest BCUT2D eigenvalue weighted by molar-refractivity contribution is 7.89. The summed E-state index contributed by atoms with van der Waals surface area (Å²) in [6, 6.07) is 11.9. The molecule has 0 spiro atoms. The molecule has 0 aliphatic carbocycles. The lowest BCUT2D eigenvalue weighted by atomic mass is 10.00. The van der Waals surface area contributed by atoms with Crippen molar-refractivity contribution in [1.82, 2.24) is 10.0 Å². The van der Waals surface area contributed by atoms with Crippen LogP contribution in [-0.4, -0.2) is 52.1 Å². The van der Waals surface area contributed by atoms with Gasteiger partial charge in [-0.1, -0.05) is 32.0 Å². The number of nitrogens with one attached hydrogen (secondary N) is 2. The summed E-state index contributed by atoms with van der Waals surface area (Å²) in [7, 11) is -3.94. The highest BCUT2D eigenvalue weighted by Gasteiger charge is 2.34. The number of benzene rings is 2. The Morgan fingerprint density at radius 2 is 1.79 bits per heavy atom. The van der Waals surface area contributed by atoms with Crippen molar-refractivity contribution in [2.75, 3.05) is 24.6 Å². The highest BCUT2D eigenvalue weighted by Crippen LogP contribution is 2.23. The molecule has 184 valence electrons. The Balaban J connectivity index is 1.83. The van der Waals surface area contributed by atoms with Gasteiger partial charge in [0.1, 0.15) is 11.9 Å². The summed E-state index contributed by atoms with van der Waals surface area (Å²) < 4.78 is 46.6. The maximum atomic E-state index is 13.6. The molecule has 1 aliphatic heterocycles. The first-order valence-corrected chi connectivity index (χ1v) is 12.7. The predicted octanol–water partition coefficient (Wildman–Crippen LogP) is 2.46. The number of hydrogen-bond acceptors (Lipinski definition) is 5. The molecule has 2 amide bonds. The van der Waals surface area contributed by atoms with Crippen molar-refractivity contribution in [2.24, 2.45) is 5.92 Å². The van der Waals surface area contributed by atoms with E-state index < -0.39 is 40.2 Å². The van der Waals surface area contributed by atoms with E-state index in [0.717, 1.165) is 12.8 Å². The van der Waals surface area contributed by atoms with Gasteiger partial charge in [-0.25, -0.2) is 17.5 Å². The van der Waals surface area contributed by atoms with Gasteiger partial charge in [0.15, 0.2) is 0 Å². The summed E-state index contributed by atoms with van der Waals surface area (Å²) in [6.45, 7) is 3.96. The summed E-state index contributed by atoms with van der Waals surface area (Å²) in [5.41, 5.74) is 0.288. The lowest BCUT2D eigenvalue weighted by molar-refractivity contribution is -0.127. The minimum absolute atomic E-state index is 0.0193. The van der Waals surface area contributed by atoms with Gasteiger partial charge < -0.3 is 10.1 Å². The van der Waals surface area contributed by atoms with Gasteiger partial charge in [-0.15, -0.1) is 0 Å². The summed E-state index contributed by atoms with van der Waals surface area (Å²) in [5, 5.41) is 2.85. The third-order valence-electron chi connectivity index (χ3n) is 5.55. The van der Waals surface area contributed by atoms with Crippen LogP contribution in [0, 0.1) is 11.7 Å². The summed E-state index contributed by atoms with van der Waals surface area (Å²) >= 11 is 0. The van der Waals surface area contributed by atoms with Crippen LogP contribution in [0.2, 0.25) is 0 Å². The zero-order valence-corrected chi connectivity index (χ0v) is 20.1. The molecule has 8 nitrogen and oxygen atoms in total. The van der Waals surface area contributed by atoms with E-state index in [9.17, 15) is 22.4 Å². The van der Waals surface area contributed by atoms with E-state index in [1.807, 2.05) is 0 Å². The monoisotopic (exact) mass is 491 g/mol. The second-order valence-electron chi connectivity index (χ2n) is 8.45. The molecule has 2 aromatic rings. The van der Waals surface area contributed by atoms with Crippen molar-refractivity contribution in [3.63, 3.8) is 0 Å². The van der Waals surface area contributed by atoms with E-state index in [1.165, 1.54) is 41.3 Å². The van der Waals surface area contributed by atoms with E-state index in [-0.39, 0.29) is 22.6 Å². The molecule has 34 heavy (non-hydrogen) atoms. The maximum absolute atomic E-state index is 13.6. The largest absolute Gasteiger partial charge is 0.376 e. The van der Waals surface area contributed by atoms with Crippen molar-refractivity contribution >= 4 is 27.5 Å². The van der Waals surface area contributed by atoms with Gasteiger partial charge in [-0.3, -0.25) is 14.5 Å². The molecule has 2 atom stereocenters. The minimum atomic E-state index is -3.94. The zero-order valence-electron chi connectivity index (χ0n) is 19.2. The van der Waals surface area contributed by atoms with Gasteiger partial charge in [0, 0.05) is 18.8 Å². The fraction of sp³-hybridized carbons (Fsp3) is 0.417. The predicted molar refractivity (Wildman–Crippen MR) is 126 cm³/mol. The molecule has 0 bridgehead atoms. The average Bonchev–Trinajstić information content (AvgIpc) is 3.34. The number of nitrogens with zero attached hydrogens (tertiary/aromatic N) is 1. The van der Waals surface area contributed by atoms with Gasteiger partial charge in [0.2, 0.25) is 21.8 Å². The normalized spacial score (nSPS) is 16.9. The van der Waals surface area contributed by atoms with Crippen LogP contribution in [0.3, 0.4) is 0 Å². The van der Waals surface area contributed by atoms with Crippen LogP contribution in [0.1, 0.15) is 26.7 Å². The molecule has 3 rings (SSSR count). The molecule has 1 aliphatic rings. The topological polar surface area (TPSA) is 105 Å². The Labute approximate surface area is 199 Å². The second kappa shape index (κ2) is 11.5. The standard InChI is InChI=1S/C24H30FN3O5S/c1-17(2)23(24(30)26-15-20-7-6-14-33-20)28(19-12-10-18(25)11-13-19)22(29)16-27-34(31,32)21-8-4-3-5-9-21/h3-5,8-13,17,20,23,27H,6-7,14-16H2,1-2H3,(H,26,30)/t20-,23-/m0/s1. The number of hydrogen-bond donors (Lipinski definition) is 2. The molecule has 2 aromatic carbocycles. The molecule has 0 saturated carbocycles. The van der Waals surface area contributed by atoms with Gasteiger partial charge in [-0.2, -0.15) is 0 Å². The van der Waals surface area contributed by atoms with Gasteiger partial charge in [-0.05, 0) is 55.2 Å². The third kappa shape index (κ3) is 6.62. The zero-order chi connectivity index (χ0) is 24.7. The number of amides is 2. The lowest BCUT2D eigenvalue weighted by Gasteiger charge is -2.34. The number of carbonyl (C=O) groups excluding carboxylic acids is 2. The van der Waals surface area contributed by atoms with Crippen LogP contribution in [0.15, 0.2) is 59.5 Å². The Morgan fingerprint density at radius 3 is 2.38 bits per heavy atom. The average molecular weight is 492 g/mol. The van der Waals surface area contributed by atoms with Crippen LogP contribution in [-0.2, 0) is 24.3 Å². The molecule has 1 fully saturated rings. The van der Waals surface area contributed by atoms with Crippen LogP contribution in [0.4, 0.5) is 10.1 Å². The summed E-state index contributed by atoms with van der Waals surface area (Å²) in [6.07, 6.45) is 1.69. The fourth-order valence-corrected chi connectivity index (χ4v) is 4.82. The van der Waals surface area contributed by atoms with Gasteiger partial charge >= 0.3 is 0 Å². The number of anilines is 1. The van der Waals surface area contributed by atoms with Crippen molar-refractivity contribution in [1.29, 1.82) is 0 Å². The van der Waals surface area contributed by atoms with Crippen LogP contribution in [0.25, 0.3) is 0 Å². The molecule has 0 aromatic heterocycles. The van der Waals surface area contributed by atoms with Crippen LogP contribution in [0.5, 0.6) is 0 Å². The molecule has 10 heteroatoms. The second-order valence-corrected chi connectivity index (χ2v) is 10.2. The van der Waals surface area contributed by atoms with Gasteiger partial charge in [0.25, 0.3) is 0 Å². The molecular weight excluding hydrogens is 461 g/mol. The Kier molecular flexibility index (Phi) is 8.76. The quantitative estimate of drug-likeness (QED) is 0.531. The molecule has 0 radical (unpaired) electrons. The van der Waals surface area contributed by atoms with Gasteiger partial charge in [0.05, 0.1) is 17.5 Å². The number of ether oxygens (including phenoxy) is 1. The van der Waals surface area contributed by atoms with E-state index in [1.54, 1.807) is 32.0 Å². The number of halogens is 1. The van der Waals surface area contributed by atoms with E-state index >= 15 is 0 Å². The van der Waals surface area contributed by atoms with Crippen LogP contribution < -0.4 is 14.9 Å². The first kappa shape index (κ1) is 25.8. The Morgan fingerprint density at radius 1 is 1.12 bits per heavy atom. The molecule has 2 N–H and O–H groups in total. The molecule has 1 saturated heterocycles. The van der Waals surface area contributed by atoms with E-state index in [4.69, 9.17) is 4.74 Å². The smallest absolute Gasteiger partial charge is 0.243 e. The summed E-state index contributed by atoms with van der Waals surface area (Å²) in [5.74, 6) is -1.85. The number of sulfonamides is 1. The first-order valence-electron chi connectivity index (χ1n) is 11.2. The SMILES string of the molecule is CC(C)[C@@H](C(=O)NC[C@@H]1CCCO1)N(C(=O)CNS(=O)(=O)c1ccccc1)c1ccc(F)cc1. The van der Waals surface area contributed by atoms with Crippen molar-refractivity contribution < 1.29 is 27.1 Å². The van der Waals surface area contributed by atoms with Crippen molar-refractivity contribution in [2.45, 2.75) is 43.7 Å². The Bertz CT molecular complexity index is 1070. The van der Waals surface area contributed by atoms with Crippen LogP contribution >= 0.6 is 0 Å². The third-order valence-corrected chi connectivity index (χ3v) is 6.96. The minimum Gasteiger partial charge on any atom is -0.376 e. The van der Waals surface area contributed by atoms with E-state index in [2.05, 4.69) is 10.0 Å². The molecule has 0 unspecified atom stereocenters.